The van der Waals surface area contributed by atoms with E-state index in [1.165, 1.54) is 12.3 Å². The van der Waals surface area contributed by atoms with Gasteiger partial charge in [0.25, 0.3) is 5.91 Å². The molecule has 24 heavy (non-hydrogen) atoms. The van der Waals surface area contributed by atoms with Gasteiger partial charge in [-0.1, -0.05) is 29.3 Å². The van der Waals surface area contributed by atoms with E-state index < -0.39 is 5.91 Å². The number of benzene rings is 2. The van der Waals surface area contributed by atoms with Crippen molar-refractivity contribution in [2.45, 2.75) is 6.92 Å². The lowest BCUT2D eigenvalue weighted by Gasteiger charge is -2.09. The number of rotatable bonds is 4. The molecule has 0 saturated carbocycles. The Bertz CT molecular complexity index is 856. The van der Waals surface area contributed by atoms with Crippen LogP contribution in [0.3, 0.4) is 0 Å². The Hall–Kier alpha value is -2.68. The molecule has 5 nitrogen and oxygen atoms in total. The number of nitriles is 1. The second-order valence-corrected chi connectivity index (χ2v) is 5.83. The summed E-state index contributed by atoms with van der Waals surface area (Å²) in [6, 6.07) is 11.9. The van der Waals surface area contributed by atoms with Crippen molar-refractivity contribution >= 4 is 46.2 Å². The summed E-state index contributed by atoms with van der Waals surface area (Å²) in [5, 5.41) is 15.3. The molecular formula is C17H14Cl2N4O. The van der Waals surface area contributed by atoms with Crippen LogP contribution in [0.25, 0.3) is 0 Å². The summed E-state index contributed by atoms with van der Waals surface area (Å²) in [5.41, 5.74) is 8.15. The molecule has 0 saturated heterocycles. The minimum Gasteiger partial charge on any atom is -0.397 e. The third kappa shape index (κ3) is 4.42. The molecule has 0 radical (unpaired) electrons. The highest BCUT2D eigenvalue weighted by molar-refractivity contribution is 6.36. The molecular weight excluding hydrogens is 347 g/mol. The van der Waals surface area contributed by atoms with E-state index in [1.54, 1.807) is 18.2 Å². The van der Waals surface area contributed by atoms with E-state index in [9.17, 15) is 10.1 Å². The molecule has 1 amide bonds. The van der Waals surface area contributed by atoms with Gasteiger partial charge in [0.1, 0.15) is 11.6 Å². The van der Waals surface area contributed by atoms with Gasteiger partial charge in [-0.15, -0.1) is 0 Å². The molecule has 0 fully saturated rings. The SMILES string of the molecule is Cc1ccc(N)c(N/C=C(/C#N)C(=O)Nc2cc(Cl)ccc2Cl)c1. The quantitative estimate of drug-likeness (QED) is 0.429. The second kappa shape index (κ2) is 7.73. The fourth-order valence-electron chi connectivity index (χ4n) is 1.88. The van der Waals surface area contributed by atoms with Crippen LogP contribution in [0.1, 0.15) is 5.56 Å². The Labute approximate surface area is 149 Å². The van der Waals surface area contributed by atoms with E-state index >= 15 is 0 Å². The highest BCUT2D eigenvalue weighted by Gasteiger charge is 2.12. The van der Waals surface area contributed by atoms with Gasteiger partial charge in [-0.05, 0) is 42.8 Å². The van der Waals surface area contributed by atoms with Gasteiger partial charge in [-0.25, -0.2) is 0 Å². The Morgan fingerprint density at radius 1 is 1.21 bits per heavy atom. The van der Waals surface area contributed by atoms with Gasteiger partial charge < -0.3 is 16.4 Å². The lowest BCUT2D eigenvalue weighted by atomic mass is 10.2. The van der Waals surface area contributed by atoms with Gasteiger partial charge in [0.2, 0.25) is 0 Å². The average molecular weight is 361 g/mol. The Balaban J connectivity index is 2.18. The molecule has 2 aromatic carbocycles. The summed E-state index contributed by atoms with van der Waals surface area (Å²) < 4.78 is 0. The number of aryl methyl sites for hydroxylation is 1. The molecule has 4 N–H and O–H groups in total. The maximum Gasteiger partial charge on any atom is 0.267 e. The second-order valence-electron chi connectivity index (χ2n) is 4.98. The maximum atomic E-state index is 12.2. The van der Waals surface area contributed by atoms with Gasteiger partial charge in [0.15, 0.2) is 0 Å². The van der Waals surface area contributed by atoms with Crippen LogP contribution in [-0.4, -0.2) is 5.91 Å². The van der Waals surface area contributed by atoms with Crippen LogP contribution in [0.5, 0.6) is 0 Å². The van der Waals surface area contributed by atoms with Crippen molar-refractivity contribution in [3.05, 3.63) is 63.8 Å². The number of amides is 1. The first-order valence-corrected chi connectivity index (χ1v) is 7.65. The summed E-state index contributed by atoms with van der Waals surface area (Å²) in [4.78, 5) is 12.2. The molecule has 0 aliphatic rings. The number of anilines is 3. The summed E-state index contributed by atoms with van der Waals surface area (Å²) in [6.45, 7) is 1.91. The zero-order valence-electron chi connectivity index (χ0n) is 12.7. The molecule has 0 atom stereocenters. The monoisotopic (exact) mass is 360 g/mol. The van der Waals surface area contributed by atoms with E-state index in [0.717, 1.165) is 5.56 Å². The first kappa shape index (κ1) is 17.7. The first-order valence-electron chi connectivity index (χ1n) is 6.90. The number of hydrogen-bond acceptors (Lipinski definition) is 4. The van der Waals surface area contributed by atoms with Gasteiger partial charge in [-0.2, -0.15) is 5.26 Å². The van der Waals surface area contributed by atoms with E-state index in [-0.39, 0.29) is 5.57 Å². The molecule has 2 aromatic rings. The van der Waals surface area contributed by atoms with Crippen molar-refractivity contribution in [3.63, 3.8) is 0 Å². The molecule has 0 aliphatic carbocycles. The number of nitrogen functional groups attached to an aromatic ring is 1. The standard InChI is InChI=1S/C17H14Cl2N4O/c1-10-2-5-14(21)16(6-10)22-9-11(8-20)17(24)23-15-7-12(18)3-4-13(15)19/h2-7,9,22H,21H2,1H3,(H,23,24)/b11-9-. The van der Waals surface area contributed by atoms with Gasteiger partial charge in [-0.3, -0.25) is 4.79 Å². The molecule has 0 spiro atoms. The Morgan fingerprint density at radius 3 is 2.67 bits per heavy atom. The predicted molar refractivity (Wildman–Crippen MR) is 98.0 cm³/mol. The number of nitrogens with one attached hydrogen (secondary N) is 2. The predicted octanol–water partition coefficient (Wildman–Crippen LogP) is 4.34. The number of nitrogens with two attached hydrogens (primary N) is 1. The molecule has 0 bridgehead atoms. The van der Waals surface area contributed by atoms with Gasteiger partial charge in [0.05, 0.1) is 22.1 Å². The number of carbonyl (C=O) groups excluding carboxylic acids is 1. The van der Waals surface area contributed by atoms with Crippen LogP contribution in [0.4, 0.5) is 17.1 Å². The van der Waals surface area contributed by atoms with Crippen LogP contribution in [-0.2, 0) is 4.79 Å². The molecule has 0 heterocycles. The fourth-order valence-corrected chi connectivity index (χ4v) is 2.21. The van der Waals surface area contributed by atoms with Gasteiger partial charge >= 0.3 is 0 Å². The highest BCUT2D eigenvalue weighted by Crippen LogP contribution is 2.26. The fraction of sp³-hybridized carbons (Fsp3) is 0.0588. The van der Waals surface area contributed by atoms with Crippen molar-refractivity contribution in [3.8, 4) is 6.07 Å². The van der Waals surface area contributed by atoms with Crippen LogP contribution in [0.15, 0.2) is 48.2 Å². The average Bonchev–Trinajstić information content (AvgIpc) is 2.54. The Morgan fingerprint density at radius 2 is 1.96 bits per heavy atom. The topological polar surface area (TPSA) is 90.9 Å². The molecule has 0 aliphatic heterocycles. The van der Waals surface area contributed by atoms with E-state index in [1.807, 2.05) is 25.1 Å². The maximum absolute atomic E-state index is 12.2. The summed E-state index contributed by atoms with van der Waals surface area (Å²) in [7, 11) is 0. The van der Waals surface area contributed by atoms with Crippen molar-refractivity contribution < 1.29 is 4.79 Å². The zero-order valence-corrected chi connectivity index (χ0v) is 14.2. The number of nitrogens with zero attached hydrogens (tertiary/aromatic N) is 1. The zero-order chi connectivity index (χ0) is 17.7. The largest absolute Gasteiger partial charge is 0.397 e. The van der Waals surface area contributed by atoms with Crippen molar-refractivity contribution in [2.75, 3.05) is 16.4 Å². The Kier molecular flexibility index (Phi) is 5.69. The molecule has 0 unspecified atom stereocenters. The summed E-state index contributed by atoms with van der Waals surface area (Å²) >= 11 is 11.9. The highest BCUT2D eigenvalue weighted by atomic mass is 35.5. The number of halogens is 2. The molecule has 2 rings (SSSR count). The van der Waals surface area contributed by atoms with E-state index in [4.69, 9.17) is 28.9 Å². The minimum absolute atomic E-state index is 0.132. The third-order valence-corrected chi connectivity index (χ3v) is 3.69. The molecule has 122 valence electrons. The lowest BCUT2D eigenvalue weighted by Crippen LogP contribution is -2.15. The van der Waals surface area contributed by atoms with Crippen molar-refractivity contribution in [1.29, 1.82) is 5.26 Å². The summed E-state index contributed by atoms with van der Waals surface area (Å²) in [6.07, 6.45) is 1.29. The van der Waals surface area contributed by atoms with E-state index in [2.05, 4.69) is 10.6 Å². The van der Waals surface area contributed by atoms with E-state index in [0.29, 0.717) is 27.1 Å². The van der Waals surface area contributed by atoms with Crippen LogP contribution < -0.4 is 16.4 Å². The lowest BCUT2D eigenvalue weighted by molar-refractivity contribution is -0.112. The molecule has 7 heteroatoms. The first-order chi connectivity index (χ1) is 11.4. The third-order valence-electron chi connectivity index (χ3n) is 3.12. The van der Waals surface area contributed by atoms with Gasteiger partial charge in [0, 0.05) is 11.2 Å². The minimum atomic E-state index is -0.611. The van der Waals surface area contributed by atoms with Crippen LogP contribution in [0, 0.1) is 18.3 Å². The van der Waals surface area contributed by atoms with Crippen LogP contribution >= 0.6 is 23.2 Å². The van der Waals surface area contributed by atoms with Crippen LogP contribution in [0.2, 0.25) is 10.0 Å². The normalized spacial score (nSPS) is 10.8. The number of hydrogen-bond donors (Lipinski definition) is 3. The summed E-state index contributed by atoms with van der Waals surface area (Å²) in [5.74, 6) is -0.611. The van der Waals surface area contributed by atoms with Crippen molar-refractivity contribution in [1.82, 2.24) is 0 Å². The van der Waals surface area contributed by atoms with Crippen molar-refractivity contribution in [2.24, 2.45) is 0 Å². The molecule has 0 aromatic heterocycles. The number of carbonyl (C=O) groups is 1. The smallest absolute Gasteiger partial charge is 0.267 e.